The van der Waals surface area contributed by atoms with Gasteiger partial charge in [0.1, 0.15) is 5.75 Å². The maximum atomic E-state index is 13.5. The average molecular weight is 500 g/mol. The first-order chi connectivity index (χ1) is 17.2. The van der Waals surface area contributed by atoms with Gasteiger partial charge in [-0.1, -0.05) is 42.5 Å². The van der Waals surface area contributed by atoms with Crippen molar-refractivity contribution in [1.29, 1.82) is 0 Å². The number of ketones is 1. The number of rotatable bonds is 11. The summed E-state index contributed by atoms with van der Waals surface area (Å²) in [6.07, 6.45) is -4.27. The molecule has 0 atom stereocenters. The quantitative estimate of drug-likeness (QED) is 0.204. The third-order valence-electron chi connectivity index (χ3n) is 5.58. The summed E-state index contributed by atoms with van der Waals surface area (Å²) >= 11 is 0. The van der Waals surface area contributed by atoms with Crippen molar-refractivity contribution < 1.29 is 32.2 Å². The first-order valence-electron chi connectivity index (χ1n) is 11.5. The number of benzene rings is 3. The molecule has 8 heteroatoms. The second-order valence-electron chi connectivity index (χ2n) is 8.10. The Kier molecular flexibility index (Phi) is 9.25. The Morgan fingerprint density at radius 1 is 0.944 bits per heavy atom. The molecule has 0 aliphatic heterocycles. The van der Waals surface area contributed by atoms with Crippen LogP contribution in [0.15, 0.2) is 66.7 Å². The molecule has 0 aliphatic carbocycles. The number of halogens is 3. The van der Waals surface area contributed by atoms with Crippen molar-refractivity contribution in [1.82, 2.24) is 5.32 Å². The molecule has 0 aliphatic rings. The lowest BCUT2D eigenvalue weighted by Gasteiger charge is -2.17. The van der Waals surface area contributed by atoms with Crippen LogP contribution >= 0.6 is 0 Å². The third kappa shape index (κ3) is 7.18. The average Bonchev–Trinajstić information content (AvgIpc) is 2.86. The summed E-state index contributed by atoms with van der Waals surface area (Å²) in [4.78, 5) is 24.3. The van der Waals surface area contributed by atoms with Gasteiger partial charge in [-0.2, -0.15) is 13.2 Å². The number of hydrogen-bond donors (Lipinski definition) is 1. The van der Waals surface area contributed by atoms with E-state index in [0.29, 0.717) is 40.1 Å². The summed E-state index contributed by atoms with van der Waals surface area (Å²) in [5, 5.41) is 3.09. The number of hydrogen-bond acceptors (Lipinski definition) is 5. The minimum absolute atomic E-state index is 0.0284. The molecule has 0 unspecified atom stereocenters. The molecule has 5 nitrogen and oxygen atoms in total. The molecule has 1 N–H and O–H groups in total. The second-order valence-corrected chi connectivity index (χ2v) is 8.10. The Morgan fingerprint density at radius 2 is 1.69 bits per heavy atom. The molecule has 0 bridgehead atoms. The molecule has 0 aromatic heterocycles. The van der Waals surface area contributed by atoms with Crippen LogP contribution in [-0.4, -0.2) is 32.0 Å². The Bertz CT molecular complexity index is 1190. The fraction of sp³-hybridized carbons (Fsp3) is 0.286. The van der Waals surface area contributed by atoms with Crippen LogP contribution < -0.4 is 10.1 Å². The second kappa shape index (κ2) is 12.4. The highest BCUT2D eigenvalue weighted by molar-refractivity contribution is 5.96. The van der Waals surface area contributed by atoms with Crippen LogP contribution in [0.4, 0.5) is 13.2 Å². The number of alkyl halides is 3. The van der Waals surface area contributed by atoms with E-state index in [2.05, 4.69) is 5.32 Å². The molecular formula is C28H28F3NO4. The Balaban J connectivity index is 1.86. The van der Waals surface area contributed by atoms with E-state index in [1.807, 2.05) is 6.07 Å². The van der Waals surface area contributed by atoms with Crippen LogP contribution in [0.1, 0.15) is 40.4 Å². The van der Waals surface area contributed by atoms with Gasteiger partial charge in [0.25, 0.3) is 0 Å². The van der Waals surface area contributed by atoms with Crippen molar-refractivity contribution in [3.05, 3.63) is 89.0 Å². The van der Waals surface area contributed by atoms with Gasteiger partial charge in [0, 0.05) is 30.6 Å². The highest BCUT2D eigenvalue weighted by Crippen LogP contribution is 2.37. The lowest BCUT2D eigenvalue weighted by Crippen LogP contribution is -2.19. The van der Waals surface area contributed by atoms with E-state index in [0.717, 1.165) is 12.1 Å². The predicted molar refractivity (Wildman–Crippen MR) is 131 cm³/mol. The standard InChI is InChI=1S/C28H28F3NO4/c1-3-36-27(34)16-19-9-12-26(35-2)24(15-19)23-11-10-22(28(29,30)31)17-21(23)18-32-14-13-25(33)20-7-5-4-6-8-20/h4-12,15,17,32H,3,13-14,16,18H2,1-2H3. The van der Waals surface area contributed by atoms with Gasteiger partial charge in [0.2, 0.25) is 0 Å². The van der Waals surface area contributed by atoms with Crippen molar-refractivity contribution >= 4 is 11.8 Å². The molecule has 0 fully saturated rings. The maximum absolute atomic E-state index is 13.5. The molecule has 3 aromatic carbocycles. The summed E-state index contributed by atoms with van der Waals surface area (Å²) in [6, 6.07) is 17.5. The summed E-state index contributed by atoms with van der Waals surface area (Å²) in [7, 11) is 1.47. The van der Waals surface area contributed by atoms with E-state index in [1.165, 1.54) is 13.2 Å². The minimum Gasteiger partial charge on any atom is -0.496 e. The normalized spacial score (nSPS) is 11.2. The van der Waals surface area contributed by atoms with Crippen molar-refractivity contribution in [2.24, 2.45) is 0 Å². The number of ether oxygens (including phenoxy) is 2. The van der Waals surface area contributed by atoms with E-state index in [9.17, 15) is 22.8 Å². The SMILES string of the molecule is CCOC(=O)Cc1ccc(OC)c(-c2ccc(C(F)(F)F)cc2CNCCC(=O)c2ccccc2)c1. The summed E-state index contributed by atoms with van der Waals surface area (Å²) in [5.74, 6) is 0.00887. The fourth-order valence-corrected chi connectivity index (χ4v) is 3.83. The molecule has 0 spiro atoms. The Hall–Kier alpha value is -3.65. The molecule has 3 rings (SSSR count). The molecule has 0 heterocycles. The van der Waals surface area contributed by atoms with Gasteiger partial charge in [0.15, 0.2) is 5.78 Å². The van der Waals surface area contributed by atoms with E-state index in [1.54, 1.807) is 49.4 Å². The van der Waals surface area contributed by atoms with Crippen molar-refractivity contribution in [2.75, 3.05) is 20.3 Å². The van der Waals surface area contributed by atoms with Crippen LogP contribution in [0.3, 0.4) is 0 Å². The molecule has 0 saturated heterocycles. The van der Waals surface area contributed by atoms with E-state index in [4.69, 9.17) is 9.47 Å². The smallest absolute Gasteiger partial charge is 0.416 e. The number of esters is 1. The molecule has 0 radical (unpaired) electrons. The summed E-state index contributed by atoms with van der Waals surface area (Å²) in [6.45, 7) is 2.37. The number of carbonyl (C=O) groups is 2. The summed E-state index contributed by atoms with van der Waals surface area (Å²) < 4.78 is 50.9. The van der Waals surface area contributed by atoms with Crippen molar-refractivity contribution in [3.63, 3.8) is 0 Å². The lowest BCUT2D eigenvalue weighted by atomic mass is 9.94. The molecule has 36 heavy (non-hydrogen) atoms. The number of carbonyl (C=O) groups excluding carboxylic acids is 2. The van der Waals surface area contributed by atoms with Crippen LogP contribution in [0.25, 0.3) is 11.1 Å². The molecular weight excluding hydrogens is 471 g/mol. The fourth-order valence-electron chi connectivity index (χ4n) is 3.83. The van der Waals surface area contributed by atoms with Crippen LogP contribution in [0.5, 0.6) is 5.75 Å². The van der Waals surface area contributed by atoms with Crippen molar-refractivity contribution in [2.45, 2.75) is 32.5 Å². The van der Waals surface area contributed by atoms with Gasteiger partial charge < -0.3 is 14.8 Å². The predicted octanol–water partition coefficient (Wildman–Crippen LogP) is 5.85. The van der Waals surface area contributed by atoms with Gasteiger partial charge >= 0.3 is 12.1 Å². The van der Waals surface area contributed by atoms with E-state index in [-0.39, 0.29) is 31.8 Å². The largest absolute Gasteiger partial charge is 0.496 e. The topological polar surface area (TPSA) is 64.6 Å². The first kappa shape index (κ1) is 26.9. The summed E-state index contributed by atoms with van der Waals surface area (Å²) in [5.41, 5.74) is 1.95. The monoisotopic (exact) mass is 499 g/mol. The third-order valence-corrected chi connectivity index (χ3v) is 5.58. The van der Waals surface area contributed by atoms with Crippen LogP contribution in [-0.2, 0) is 28.7 Å². The number of Topliss-reactive ketones (excluding diaryl/α,β-unsaturated/α-hetero) is 1. The Labute approximate surface area is 208 Å². The van der Waals surface area contributed by atoms with Crippen LogP contribution in [0.2, 0.25) is 0 Å². The van der Waals surface area contributed by atoms with Gasteiger partial charge in [-0.05, 0) is 47.9 Å². The zero-order valence-corrected chi connectivity index (χ0v) is 20.2. The van der Waals surface area contributed by atoms with Gasteiger partial charge in [-0.25, -0.2) is 0 Å². The van der Waals surface area contributed by atoms with Gasteiger partial charge in [-0.15, -0.1) is 0 Å². The minimum atomic E-state index is -4.51. The van der Waals surface area contributed by atoms with Crippen molar-refractivity contribution in [3.8, 4) is 16.9 Å². The highest BCUT2D eigenvalue weighted by Gasteiger charge is 2.31. The zero-order valence-electron chi connectivity index (χ0n) is 20.2. The highest BCUT2D eigenvalue weighted by atomic mass is 19.4. The van der Waals surface area contributed by atoms with E-state index >= 15 is 0 Å². The van der Waals surface area contributed by atoms with Crippen LogP contribution in [0, 0.1) is 0 Å². The lowest BCUT2D eigenvalue weighted by molar-refractivity contribution is -0.142. The Morgan fingerprint density at radius 3 is 2.36 bits per heavy atom. The van der Waals surface area contributed by atoms with Gasteiger partial charge in [0.05, 0.1) is 25.7 Å². The zero-order chi connectivity index (χ0) is 26.1. The molecule has 0 amide bonds. The van der Waals surface area contributed by atoms with Gasteiger partial charge in [-0.3, -0.25) is 9.59 Å². The molecule has 190 valence electrons. The maximum Gasteiger partial charge on any atom is 0.416 e. The molecule has 3 aromatic rings. The van der Waals surface area contributed by atoms with E-state index < -0.39 is 17.7 Å². The molecule has 0 saturated carbocycles. The number of nitrogens with one attached hydrogen (secondary N) is 1. The number of methoxy groups -OCH3 is 1. The first-order valence-corrected chi connectivity index (χ1v) is 11.5.